The second-order valence-corrected chi connectivity index (χ2v) is 4.85. The summed E-state index contributed by atoms with van der Waals surface area (Å²) in [5.74, 6) is 0. The van der Waals surface area contributed by atoms with Gasteiger partial charge in [-0.05, 0) is 47.7 Å². The second kappa shape index (κ2) is 6.48. The normalized spacial score (nSPS) is 11.0. The number of benzene rings is 1. The fourth-order valence-corrected chi connectivity index (χ4v) is 1.78. The van der Waals surface area contributed by atoms with Crippen molar-refractivity contribution < 1.29 is 0 Å². The predicted molar refractivity (Wildman–Crippen MR) is 69.4 cm³/mol. The van der Waals surface area contributed by atoms with Crippen LogP contribution in [0, 0.1) is 0 Å². The highest BCUT2D eigenvalue weighted by Crippen LogP contribution is 2.23. The average molecular weight is 292 g/mol. The van der Waals surface area contributed by atoms with E-state index in [2.05, 4.69) is 39.3 Å². The molecular weight excluding hydrogens is 275 g/mol. The van der Waals surface area contributed by atoms with Gasteiger partial charge in [-0.1, -0.05) is 17.7 Å². The van der Waals surface area contributed by atoms with Gasteiger partial charge in [-0.25, -0.2) is 0 Å². The molecule has 0 spiro atoms. The second-order valence-electron chi connectivity index (χ2n) is 3.59. The fourth-order valence-electron chi connectivity index (χ4n) is 1.33. The van der Waals surface area contributed by atoms with Crippen LogP contribution in [-0.2, 0) is 6.54 Å². The predicted octanol–water partition coefficient (Wildman–Crippen LogP) is 2.75. The van der Waals surface area contributed by atoms with Crippen molar-refractivity contribution in [2.75, 3.05) is 27.2 Å². The number of hydrogen-bond donors (Lipinski definition) is 1. The number of nitrogens with one attached hydrogen (secondary N) is 1. The van der Waals surface area contributed by atoms with Crippen LogP contribution in [0.1, 0.15) is 5.56 Å². The molecule has 0 radical (unpaired) electrons. The minimum atomic E-state index is 0.773. The molecule has 0 atom stereocenters. The molecule has 1 N–H and O–H groups in total. The molecule has 0 aromatic heterocycles. The lowest BCUT2D eigenvalue weighted by molar-refractivity contribution is 0.328. The number of hydrogen-bond acceptors (Lipinski definition) is 2. The summed E-state index contributed by atoms with van der Waals surface area (Å²) in [4.78, 5) is 2.26. The van der Waals surface area contributed by atoms with Crippen LogP contribution in [0.2, 0.25) is 5.02 Å². The molecule has 0 aliphatic heterocycles. The number of rotatable bonds is 5. The first kappa shape index (κ1) is 13.0. The zero-order chi connectivity index (χ0) is 11.3. The van der Waals surface area contributed by atoms with Crippen LogP contribution in [0.25, 0.3) is 0 Å². The first-order valence-corrected chi connectivity index (χ1v) is 6.07. The van der Waals surface area contributed by atoms with E-state index in [0.29, 0.717) is 0 Å². The van der Waals surface area contributed by atoms with E-state index in [0.717, 1.165) is 29.1 Å². The van der Waals surface area contributed by atoms with Gasteiger partial charge in [0.15, 0.2) is 0 Å². The fraction of sp³-hybridized carbons (Fsp3) is 0.455. The Labute approximate surface area is 105 Å². The Hall–Kier alpha value is -0.0900. The Morgan fingerprint density at radius 3 is 2.80 bits per heavy atom. The van der Waals surface area contributed by atoms with Crippen LogP contribution >= 0.6 is 27.5 Å². The standard InChI is InChI=1S/C11H16BrClN2/c1-14-5-6-15(2)8-9-3-4-10(12)11(13)7-9/h3-4,7,14H,5-6,8H2,1-2H3. The van der Waals surface area contributed by atoms with E-state index in [4.69, 9.17) is 11.6 Å². The topological polar surface area (TPSA) is 15.3 Å². The largest absolute Gasteiger partial charge is 0.318 e. The smallest absolute Gasteiger partial charge is 0.0551 e. The van der Waals surface area contributed by atoms with Crippen molar-refractivity contribution in [2.45, 2.75) is 6.54 Å². The SMILES string of the molecule is CNCCN(C)Cc1ccc(Br)c(Cl)c1. The third-order valence-electron chi connectivity index (χ3n) is 2.18. The van der Waals surface area contributed by atoms with E-state index >= 15 is 0 Å². The molecule has 0 heterocycles. The van der Waals surface area contributed by atoms with Gasteiger partial charge in [0.1, 0.15) is 0 Å². The molecule has 1 rings (SSSR count). The molecule has 0 amide bonds. The number of nitrogens with zero attached hydrogens (tertiary/aromatic N) is 1. The van der Waals surface area contributed by atoms with Crippen LogP contribution in [0.15, 0.2) is 22.7 Å². The minimum absolute atomic E-state index is 0.773. The lowest BCUT2D eigenvalue weighted by atomic mass is 10.2. The van der Waals surface area contributed by atoms with Crippen LogP contribution < -0.4 is 5.32 Å². The summed E-state index contributed by atoms with van der Waals surface area (Å²) < 4.78 is 0.950. The molecule has 1 aromatic rings. The van der Waals surface area contributed by atoms with Crippen LogP contribution in [-0.4, -0.2) is 32.1 Å². The number of likely N-dealkylation sites (N-methyl/N-ethyl adjacent to an activating group) is 2. The van der Waals surface area contributed by atoms with Crippen molar-refractivity contribution in [3.05, 3.63) is 33.3 Å². The van der Waals surface area contributed by atoms with E-state index in [-0.39, 0.29) is 0 Å². The number of halogens is 2. The molecule has 0 bridgehead atoms. The van der Waals surface area contributed by atoms with Gasteiger partial charge < -0.3 is 10.2 Å². The maximum absolute atomic E-state index is 6.02. The van der Waals surface area contributed by atoms with E-state index < -0.39 is 0 Å². The molecule has 0 aliphatic rings. The van der Waals surface area contributed by atoms with Crippen molar-refractivity contribution in [3.8, 4) is 0 Å². The Morgan fingerprint density at radius 2 is 2.20 bits per heavy atom. The van der Waals surface area contributed by atoms with E-state index in [1.807, 2.05) is 19.2 Å². The van der Waals surface area contributed by atoms with Crippen molar-refractivity contribution in [3.63, 3.8) is 0 Å². The molecule has 0 aliphatic carbocycles. The highest BCUT2D eigenvalue weighted by molar-refractivity contribution is 9.10. The Bertz CT molecular complexity index is 317. The molecule has 0 fully saturated rings. The molecule has 4 heteroatoms. The third kappa shape index (κ3) is 4.51. The lowest BCUT2D eigenvalue weighted by Gasteiger charge is -2.16. The van der Waals surface area contributed by atoms with Gasteiger partial charge in [0, 0.05) is 24.1 Å². The summed E-state index contributed by atoms with van der Waals surface area (Å²) >= 11 is 9.41. The van der Waals surface area contributed by atoms with Gasteiger partial charge in [0.05, 0.1) is 5.02 Å². The highest BCUT2D eigenvalue weighted by Gasteiger charge is 2.02. The molecule has 2 nitrogen and oxygen atoms in total. The Balaban J connectivity index is 2.53. The van der Waals surface area contributed by atoms with Crippen molar-refractivity contribution in [1.29, 1.82) is 0 Å². The van der Waals surface area contributed by atoms with E-state index in [1.54, 1.807) is 0 Å². The summed E-state index contributed by atoms with van der Waals surface area (Å²) in [6.45, 7) is 2.96. The summed E-state index contributed by atoms with van der Waals surface area (Å²) in [5.41, 5.74) is 1.24. The molecule has 0 saturated carbocycles. The third-order valence-corrected chi connectivity index (χ3v) is 3.41. The first-order chi connectivity index (χ1) is 7.13. The summed E-state index contributed by atoms with van der Waals surface area (Å²) in [6, 6.07) is 6.08. The summed E-state index contributed by atoms with van der Waals surface area (Å²) in [7, 11) is 4.07. The van der Waals surface area contributed by atoms with Crippen molar-refractivity contribution in [1.82, 2.24) is 10.2 Å². The zero-order valence-corrected chi connectivity index (χ0v) is 11.4. The summed E-state index contributed by atoms with van der Waals surface area (Å²) in [5, 5.41) is 3.90. The van der Waals surface area contributed by atoms with Gasteiger partial charge in [-0.3, -0.25) is 0 Å². The monoisotopic (exact) mass is 290 g/mol. The van der Waals surface area contributed by atoms with Crippen LogP contribution in [0.3, 0.4) is 0 Å². The first-order valence-electron chi connectivity index (χ1n) is 4.90. The minimum Gasteiger partial charge on any atom is -0.318 e. The average Bonchev–Trinajstić information content (AvgIpc) is 2.20. The lowest BCUT2D eigenvalue weighted by Crippen LogP contribution is -2.26. The van der Waals surface area contributed by atoms with Gasteiger partial charge in [-0.15, -0.1) is 0 Å². The Morgan fingerprint density at radius 1 is 1.47 bits per heavy atom. The van der Waals surface area contributed by atoms with E-state index in [9.17, 15) is 0 Å². The van der Waals surface area contributed by atoms with Gasteiger partial charge >= 0.3 is 0 Å². The quantitative estimate of drug-likeness (QED) is 0.897. The van der Waals surface area contributed by atoms with Crippen molar-refractivity contribution in [2.24, 2.45) is 0 Å². The summed E-state index contributed by atoms with van der Waals surface area (Å²) in [6.07, 6.45) is 0. The van der Waals surface area contributed by atoms with Crippen LogP contribution in [0.4, 0.5) is 0 Å². The molecule has 0 unspecified atom stereocenters. The van der Waals surface area contributed by atoms with Gasteiger partial charge in [-0.2, -0.15) is 0 Å². The molecule has 15 heavy (non-hydrogen) atoms. The van der Waals surface area contributed by atoms with E-state index in [1.165, 1.54) is 5.56 Å². The van der Waals surface area contributed by atoms with Crippen molar-refractivity contribution >= 4 is 27.5 Å². The zero-order valence-electron chi connectivity index (χ0n) is 9.06. The molecular formula is C11H16BrClN2. The highest BCUT2D eigenvalue weighted by atomic mass is 79.9. The maximum Gasteiger partial charge on any atom is 0.0551 e. The molecule has 1 aromatic carbocycles. The van der Waals surface area contributed by atoms with Gasteiger partial charge in [0.25, 0.3) is 0 Å². The molecule has 0 saturated heterocycles. The maximum atomic E-state index is 6.02. The van der Waals surface area contributed by atoms with Crippen LogP contribution in [0.5, 0.6) is 0 Å². The Kier molecular flexibility index (Phi) is 5.61. The molecule has 84 valence electrons. The van der Waals surface area contributed by atoms with Gasteiger partial charge in [0.2, 0.25) is 0 Å².